The van der Waals surface area contributed by atoms with Crippen molar-refractivity contribution in [3.8, 4) is 11.5 Å². The second-order valence-corrected chi connectivity index (χ2v) is 4.81. The molecule has 2 N–H and O–H groups in total. The van der Waals surface area contributed by atoms with E-state index in [2.05, 4.69) is 10.6 Å². The van der Waals surface area contributed by atoms with Crippen LogP contribution in [-0.2, 0) is 4.79 Å². The highest BCUT2D eigenvalue weighted by atomic mass is 16.5. The first kappa shape index (κ1) is 15.4. The van der Waals surface area contributed by atoms with Crippen LogP contribution in [0.1, 0.15) is 20.8 Å². The lowest BCUT2D eigenvalue weighted by Gasteiger charge is -2.21. The summed E-state index contributed by atoms with van der Waals surface area (Å²) in [6.45, 7) is 8.41. The summed E-state index contributed by atoms with van der Waals surface area (Å²) < 4.78 is 11.1. The molecule has 0 bridgehead atoms. The van der Waals surface area contributed by atoms with Crippen molar-refractivity contribution in [3.05, 3.63) is 29.3 Å². The quantitative estimate of drug-likeness (QED) is 0.790. The summed E-state index contributed by atoms with van der Waals surface area (Å²) in [5.74, 6) is 1.27. The lowest BCUT2D eigenvalue weighted by atomic mass is 10.0. The van der Waals surface area contributed by atoms with Gasteiger partial charge in [-0.1, -0.05) is 0 Å². The van der Waals surface area contributed by atoms with Crippen LogP contribution in [0.3, 0.4) is 0 Å². The Balaban J connectivity index is 2.12. The van der Waals surface area contributed by atoms with Gasteiger partial charge >= 0.3 is 0 Å². The molecule has 0 aliphatic carbocycles. The molecule has 0 saturated carbocycles. The number of amides is 1. The first-order chi connectivity index (χ1) is 10.2. The van der Waals surface area contributed by atoms with Crippen LogP contribution in [0.5, 0.6) is 11.5 Å². The van der Waals surface area contributed by atoms with Crippen molar-refractivity contribution in [2.75, 3.05) is 31.6 Å². The Morgan fingerprint density at radius 2 is 1.86 bits per heavy atom. The lowest BCUT2D eigenvalue weighted by Crippen LogP contribution is -2.36. The third-order valence-corrected chi connectivity index (χ3v) is 3.35. The molecule has 0 spiro atoms. The van der Waals surface area contributed by atoms with E-state index in [9.17, 15) is 4.79 Å². The summed E-state index contributed by atoms with van der Waals surface area (Å²) in [6, 6.07) is 5.43. The zero-order chi connectivity index (χ0) is 15.2. The third-order valence-electron chi connectivity index (χ3n) is 3.35. The number of hydrogen-bond donors (Lipinski definition) is 2. The first-order valence-electron chi connectivity index (χ1n) is 7.26. The zero-order valence-corrected chi connectivity index (χ0v) is 12.8. The average Bonchev–Trinajstić information content (AvgIpc) is 2.40. The van der Waals surface area contributed by atoms with Crippen LogP contribution in [0.25, 0.3) is 0 Å². The Morgan fingerprint density at radius 1 is 1.19 bits per heavy atom. The van der Waals surface area contributed by atoms with Gasteiger partial charge in [-0.25, -0.2) is 0 Å². The Morgan fingerprint density at radius 3 is 2.43 bits per heavy atom. The molecule has 1 saturated heterocycles. The van der Waals surface area contributed by atoms with Crippen LogP contribution in [0.15, 0.2) is 29.3 Å². The molecule has 0 atom stereocenters. The molecule has 21 heavy (non-hydrogen) atoms. The maximum atomic E-state index is 12.2. The monoisotopic (exact) mass is 290 g/mol. The van der Waals surface area contributed by atoms with E-state index in [0.717, 1.165) is 24.2 Å². The van der Waals surface area contributed by atoms with E-state index in [1.165, 1.54) is 0 Å². The molecular weight excluding hydrogens is 268 g/mol. The molecule has 2 rings (SSSR count). The molecule has 0 radical (unpaired) electrons. The van der Waals surface area contributed by atoms with Gasteiger partial charge in [-0.2, -0.15) is 0 Å². The molecule has 1 aromatic carbocycles. The van der Waals surface area contributed by atoms with Gasteiger partial charge in [0.1, 0.15) is 0 Å². The fourth-order valence-electron chi connectivity index (χ4n) is 2.03. The average molecular weight is 290 g/mol. The van der Waals surface area contributed by atoms with Gasteiger partial charge < -0.3 is 20.1 Å². The molecule has 1 amide bonds. The smallest absolute Gasteiger partial charge is 0.251 e. The van der Waals surface area contributed by atoms with Crippen LogP contribution in [0.2, 0.25) is 0 Å². The van der Waals surface area contributed by atoms with E-state index in [-0.39, 0.29) is 5.91 Å². The summed E-state index contributed by atoms with van der Waals surface area (Å²) >= 11 is 0. The standard InChI is InChI=1S/C16H22N2O3/c1-4-20-14-7-6-13(8-15(14)21-5-2)18-16(19)11(3)12-9-17-10-12/h6-8,17H,4-5,9-10H2,1-3H3,(H,18,19). The molecular formula is C16H22N2O3. The van der Waals surface area contributed by atoms with E-state index in [1.54, 1.807) is 6.07 Å². The largest absolute Gasteiger partial charge is 0.490 e. The predicted molar refractivity (Wildman–Crippen MR) is 83.0 cm³/mol. The Kier molecular flexibility index (Phi) is 5.22. The van der Waals surface area contributed by atoms with E-state index in [4.69, 9.17) is 9.47 Å². The first-order valence-corrected chi connectivity index (χ1v) is 7.26. The molecule has 1 aromatic rings. The zero-order valence-electron chi connectivity index (χ0n) is 12.8. The van der Waals surface area contributed by atoms with Crippen LogP contribution < -0.4 is 20.1 Å². The van der Waals surface area contributed by atoms with Crippen molar-refractivity contribution >= 4 is 11.6 Å². The Hall–Kier alpha value is -2.01. The van der Waals surface area contributed by atoms with Gasteiger partial charge in [0.15, 0.2) is 11.5 Å². The van der Waals surface area contributed by atoms with Gasteiger partial charge in [-0.3, -0.25) is 4.79 Å². The molecule has 5 nitrogen and oxygen atoms in total. The summed E-state index contributed by atoms with van der Waals surface area (Å²) in [5, 5.41) is 6.03. The lowest BCUT2D eigenvalue weighted by molar-refractivity contribution is -0.112. The molecule has 1 aliphatic rings. The highest BCUT2D eigenvalue weighted by Crippen LogP contribution is 2.30. The topological polar surface area (TPSA) is 59.6 Å². The van der Waals surface area contributed by atoms with E-state index in [0.29, 0.717) is 30.4 Å². The number of benzene rings is 1. The van der Waals surface area contributed by atoms with Gasteiger partial charge in [-0.05, 0) is 38.5 Å². The van der Waals surface area contributed by atoms with Crippen molar-refractivity contribution < 1.29 is 14.3 Å². The van der Waals surface area contributed by atoms with Crippen molar-refractivity contribution in [3.63, 3.8) is 0 Å². The highest BCUT2D eigenvalue weighted by molar-refractivity contribution is 6.04. The summed E-state index contributed by atoms with van der Waals surface area (Å²) in [4.78, 5) is 12.2. The minimum absolute atomic E-state index is 0.0712. The number of rotatable bonds is 6. The second-order valence-electron chi connectivity index (χ2n) is 4.81. The molecule has 0 aromatic heterocycles. The minimum atomic E-state index is -0.0712. The van der Waals surface area contributed by atoms with Crippen LogP contribution in [0, 0.1) is 0 Å². The van der Waals surface area contributed by atoms with Crippen LogP contribution in [0.4, 0.5) is 5.69 Å². The normalized spacial score (nSPS) is 13.4. The molecule has 0 unspecified atom stereocenters. The van der Waals surface area contributed by atoms with Gasteiger partial charge in [0.25, 0.3) is 5.91 Å². The van der Waals surface area contributed by atoms with E-state index < -0.39 is 0 Å². The third kappa shape index (κ3) is 3.76. The Bertz CT molecular complexity index is 546. The molecule has 114 valence electrons. The number of ether oxygens (including phenoxy) is 2. The Labute approximate surface area is 125 Å². The summed E-state index contributed by atoms with van der Waals surface area (Å²) in [6.07, 6.45) is 0. The van der Waals surface area contributed by atoms with E-state index >= 15 is 0 Å². The van der Waals surface area contributed by atoms with E-state index in [1.807, 2.05) is 32.9 Å². The SMILES string of the molecule is CCOc1ccc(NC(=O)C(C)=C2CNC2)cc1OCC. The number of nitrogens with one attached hydrogen (secondary N) is 2. The molecule has 5 heteroatoms. The molecule has 1 aliphatic heterocycles. The van der Waals surface area contributed by atoms with Gasteiger partial charge in [0.05, 0.1) is 13.2 Å². The summed E-state index contributed by atoms with van der Waals surface area (Å²) in [5.41, 5.74) is 2.64. The second kappa shape index (κ2) is 7.13. The van der Waals surface area contributed by atoms with Gasteiger partial charge in [0, 0.05) is 30.4 Å². The number of anilines is 1. The van der Waals surface area contributed by atoms with Crippen molar-refractivity contribution in [2.45, 2.75) is 20.8 Å². The van der Waals surface area contributed by atoms with Crippen LogP contribution in [-0.4, -0.2) is 32.2 Å². The van der Waals surface area contributed by atoms with Crippen molar-refractivity contribution in [1.29, 1.82) is 0 Å². The number of carbonyl (C=O) groups is 1. The minimum Gasteiger partial charge on any atom is -0.490 e. The maximum absolute atomic E-state index is 12.2. The summed E-state index contributed by atoms with van der Waals surface area (Å²) in [7, 11) is 0. The maximum Gasteiger partial charge on any atom is 0.251 e. The van der Waals surface area contributed by atoms with Crippen molar-refractivity contribution in [1.82, 2.24) is 5.32 Å². The van der Waals surface area contributed by atoms with Crippen LogP contribution >= 0.6 is 0 Å². The highest BCUT2D eigenvalue weighted by Gasteiger charge is 2.16. The van der Waals surface area contributed by atoms with Crippen molar-refractivity contribution in [2.24, 2.45) is 0 Å². The van der Waals surface area contributed by atoms with Gasteiger partial charge in [0.2, 0.25) is 0 Å². The fourth-order valence-corrected chi connectivity index (χ4v) is 2.03. The predicted octanol–water partition coefficient (Wildman–Crippen LogP) is 2.34. The van der Waals surface area contributed by atoms with Gasteiger partial charge in [-0.15, -0.1) is 0 Å². The molecule has 1 heterocycles. The fraction of sp³-hybridized carbons (Fsp3) is 0.438. The number of hydrogen-bond acceptors (Lipinski definition) is 4. The number of carbonyl (C=O) groups excluding carboxylic acids is 1. The molecule has 1 fully saturated rings.